The van der Waals surface area contributed by atoms with Gasteiger partial charge in [-0.25, -0.2) is 8.42 Å². The van der Waals surface area contributed by atoms with Crippen LogP contribution in [0.1, 0.15) is 32.1 Å². The number of nitrogens with two attached hydrogens (primary N) is 1. The van der Waals surface area contributed by atoms with E-state index in [9.17, 15) is 13.2 Å². The topological polar surface area (TPSA) is 110 Å². The molecule has 10 heteroatoms. The molecule has 0 bridgehead atoms. The molecule has 1 aliphatic heterocycles. The Kier molecular flexibility index (Phi) is 7.06. The van der Waals surface area contributed by atoms with Crippen molar-refractivity contribution in [2.45, 2.75) is 43.0 Å². The van der Waals surface area contributed by atoms with Crippen LogP contribution in [0.2, 0.25) is 0 Å². The van der Waals surface area contributed by atoms with Gasteiger partial charge in [-0.2, -0.15) is 9.40 Å². The van der Waals surface area contributed by atoms with Crippen LogP contribution in [0.4, 0.5) is 0 Å². The van der Waals surface area contributed by atoms with Crippen LogP contribution >= 0.6 is 12.4 Å². The van der Waals surface area contributed by atoms with Gasteiger partial charge in [0.2, 0.25) is 15.9 Å². The second kappa shape index (κ2) is 8.69. The van der Waals surface area contributed by atoms with E-state index < -0.39 is 10.0 Å². The summed E-state index contributed by atoms with van der Waals surface area (Å²) in [6, 6.07) is 0.0341. The lowest BCUT2D eigenvalue weighted by atomic mass is 9.94. The Balaban J connectivity index is 0.00000243. The van der Waals surface area contributed by atoms with Gasteiger partial charge in [-0.05, 0) is 38.1 Å². The number of aryl methyl sites for hydroxylation is 1. The van der Waals surface area contributed by atoms with E-state index >= 15 is 0 Å². The lowest BCUT2D eigenvalue weighted by molar-refractivity contribution is -0.126. The highest BCUT2D eigenvalue weighted by atomic mass is 35.5. The summed E-state index contributed by atoms with van der Waals surface area (Å²) in [7, 11) is -1.81. The van der Waals surface area contributed by atoms with Crippen molar-refractivity contribution in [3.63, 3.8) is 0 Å². The zero-order valence-corrected chi connectivity index (χ0v) is 16.6. The maximum Gasteiger partial charge on any atom is 0.246 e. The largest absolute Gasteiger partial charge is 0.353 e. The van der Waals surface area contributed by atoms with Crippen molar-refractivity contribution in [1.29, 1.82) is 0 Å². The van der Waals surface area contributed by atoms with E-state index in [1.165, 1.54) is 21.4 Å². The first kappa shape index (κ1) is 21.1. The Morgan fingerprint density at radius 1 is 1.31 bits per heavy atom. The number of halogens is 1. The molecule has 26 heavy (non-hydrogen) atoms. The number of amides is 1. The van der Waals surface area contributed by atoms with Gasteiger partial charge in [0.1, 0.15) is 4.90 Å². The molecule has 1 amide bonds. The first-order valence-corrected chi connectivity index (χ1v) is 10.3. The van der Waals surface area contributed by atoms with E-state index in [4.69, 9.17) is 5.73 Å². The molecule has 1 aromatic heterocycles. The number of sulfonamides is 1. The van der Waals surface area contributed by atoms with Crippen LogP contribution in [-0.2, 0) is 21.9 Å². The number of aromatic nitrogens is 2. The number of hydrogen-bond donors (Lipinski definition) is 2. The summed E-state index contributed by atoms with van der Waals surface area (Å²) in [5.41, 5.74) is 5.76. The summed E-state index contributed by atoms with van der Waals surface area (Å²) in [6.07, 6.45) is 7.13. The number of hydrogen-bond acceptors (Lipinski definition) is 5. The van der Waals surface area contributed by atoms with Crippen LogP contribution in [0.3, 0.4) is 0 Å². The number of nitrogens with zero attached hydrogens (tertiary/aromatic N) is 3. The Morgan fingerprint density at radius 2 is 2.00 bits per heavy atom. The van der Waals surface area contributed by atoms with Crippen molar-refractivity contribution in [3.8, 4) is 0 Å². The third-order valence-corrected chi connectivity index (χ3v) is 7.27. The average Bonchev–Trinajstić information content (AvgIpc) is 3.24. The standard InChI is InChI=1S/C16H27N5O3S.ClH/c1-20-11-14(10-18-20)25(23,24)21-7-5-13(6-8-21)19-16(22)15-4-2-3-12(15)9-17;/h10-13,15H,2-9,17H2,1H3,(H,19,22);1H/t12-,15-;/m1./s1. The van der Waals surface area contributed by atoms with Crippen LogP contribution in [0, 0.1) is 11.8 Å². The molecule has 3 rings (SSSR count). The van der Waals surface area contributed by atoms with Gasteiger partial charge in [-0.3, -0.25) is 9.48 Å². The van der Waals surface area contributed by atoms with E-state index in [1.807, 2.05) is 0 Å². The highest BCUT2D eigenvalue weighted by Gasteiger charge is 2.35. The molecule has 0 aromatic carbocycles. The predicted molar refractivity (Wildman–Crippen MR) is 100 cm³/mol. The fourth-order valence-electron chi connectivity index (χ4n) is 3.89. The van der Waals surface area contributed by atoms with Crippen molar-refractivity contribution in [2.24, 2.45) is 24.6 Å². The van der Waals surface area contributed by atoms with E-state index in [-0.39, 0.29) is 41.1 Å². The van der Waals surface area contributed by atoms with Gasteiger partial charge in [-0.1, -0.05) is 6.42 Å². The Hall–Kier alpha value is -1.16. The Bertz CT molecular complexity index is 715. The number of nitrogens with one attached hydrogen (secondary N) is 1. The highest BCUT2D eigenvalue weighted by molar-refractivity contribution is 7.89. The maximum atomic E-state index is 12.6. The van der Waals surface area contributed by atoms with Gasteiger partial charge in [0.05, 0.1) is 6.20 Å². The zero-order valence-electron chi connectivity index (χ0n) is 15.0. The molecular formula is C16H28ClN5O3S. The predicted octanol–water partition coefficient (Wildman–Crippen LogP) is 0.486. The molecule has 3 N–H and O–H groups in total. The van der Waals surface area contributed by atoms with Crippen molar-refractivity contribution in [3.05, 3.63) is 12.4 Å². The normalized spacial score (nSPS) is 25.0. The molecule has 148 valence electrons. The molecular weight excluding hydrogens is 378 g/mol. The highest BCUT2D eigenvalue weighted by Crippen LogP contribution is 2.31. The van der Waals surface area contributed by atoms with Crippen LogP contribution in [0.15, 0.2) is 17.3 Å². The summed E-state index contributed by atoms with van der Waals surface area (Å²) >= 11 is 0. The smallest absolute Gasteiger partial charge is 0.246 e. The second-order valence-corrected chi connectivity index (χ2v) is 9.01. The van der Waals surface area contributed by atoms with Crippen molar-refractivity contribution < 1.29 is 13.2 Å². The second-order valence-electron chi connectivity index (χ2n) is 7.07. The molecule has 1 saturated heterocycles. The summed E-state index contributed by atoms with van der Waals surface area (Å²) in [4.78, 5) is 12.7. The van der Waals surface area contributed by atoms with Gasteiger partial charge in [-0.15, -0.1) is 12.4 Å². The van der Waals surface area contributed by atoms with Gasteiger partial charge >= 0.3 is 0 Å². The molecule has 2 fully saturated rings. The monoisotopic (exact) mass is 405 g/mol. The van der Waals surface area contributed by atoms with Crippen molar-refractivity contribution in [1.82, 2.24) is 19.4 Å². The zero-order chi connectivity index (χ0) is 18.0. The fraction of sp³-hybridized carbons (Fsp3) is 0.750. The molecule has 0 radical (unpaired) electrons. The fourth-order valence-corrected chi connectivity index (χ4v) is 5.35. The summed E-state index contributed by atoms with van der Waals surface area (Å²) < 4.78 is 28.1. The molecule has 0 spiro atoms. The third kappa shape index (κ3) is 4.39. The van der Waals surface area contributed by atoms with Gasteiger partial charge in [0.15, 0.2) is 0 Å². The molecule has 2 atom stereocenters. The molecule has 8 nitrogen and oxygen atoms in total. The summed E-state index contributed by atoms with van der Waals surface area (Å²) in [6.45, 7) is 1.38. The minimum Gasteiger partial charge on any atom is -0.353 e. The average molecular weight is 406 g/mol. The van der Waals surface area contributed by atoms with E-state index in [0.29, 0.717) is 32.5 Å². The maximum absolute atomic E-state index is 12.6. The minimum absolute atomic E-state index is 0. The summed E-state index contributed by atoms with van der Waals surface area (Å²) in [5, 5.41) is 7.04. The third-order valence-electron chi connectivity index (χ3n) is 5.42. The van der Waals surface area contributed by atoms with Gasteiger partial charge in [0, 0.05) is 38.3 Å². The van der Waals surface area contributed by atoms with Crippen LogP contribution in [0.25, 0.3) is 0 Å². The van der Waals surface area contributed by atoms with Crippen LogP contribution < -0.4 is 11.1 Å². The molecule has 1 aromatic rings. The lowest BCUT2D eigenvalue weighted by Crippen LogP contribution is -2.48. The lowest BCUT2D eigenvalue weighted by Gasteiger charge is -2.32. The molecule has 1 aliphatic carbocycles. The molecule has 2 heterocycles. The van der Waals surface area contributed by atoms with Gasteiger partial charge in [0.25, 0.3) is 0 Å². The molecule has 0 unspecified atom stereocenters. The Labute approximate surface area is 160 Å². The van der Waals surface area contributed by atoms with E-state index in [0.717, 1.165) is 19.3 Å². The number of carbonyl (C=O) groups is 1. The first-order chi connectivity index (χ1) is 11.9. The SMILES string of the molecule is Cl.Cn1cc(S(=O)(=O)N2CCC(NC(=O)[C@@H]3CCC[C@@H]3CN)CC2)cn1. The molecule has 2 aliphatic rings. The van der Waals surface area contributed by atoms with E-state index in [1.54, 1.807) is 7.05 Å². The molecule has 1 saturated carbocycles. The van der Waals surface area contributed by atoms with Gasteiger partial charge < -0.3 is 11.1 Å². The first-order valence-electron chi connectivity index (χ1n) is 8.91. The van der Waals surface area contributed by atoms with Crippen LogP contribution in [-0.4, -0.2) is 54.1 Å². The quantitative estimate of drug-likeness (QED) is 0.740. The summed E-state index contributed by atoms with van der Waals surface area (Å²) in [5.74, 6) is 0.384. The van der Waals surface area contributed by atoms with Crippen LogP contribution in [0.5, 0.6) is 0 Å². The van der Waals surface area contributed by atoms with Crippen molar-refractivity contribution in [2.75, 3.05) is 19.6 Å². The van der Waals surface area contributed by atoms with Crippen molar-refractivity contribution >= 4 is 28.3 Å². The minimum atomic E-state index is -3.50. The van der Waals surface area contributed by atoms with E-state index in [2.05, 4.69) is 10.4 Å². The Morgan fingerprint density at radius 3 is 2.58 bits per heavy atom. The number of rotatable bonds is 5. The number of carbonyl (C=O) groups excluding carboxylic acids is 1. The number of piperidine rings is 1.